The van der Waals surface area contributed by atoms with E-state index in [9.17, 15) is 28.1 Å². The minimum absolute atomic E-state index is 0.162. The molecule has 126 valence electrons. The summed E-state index contributed by atoms with van der Waals surface area (Å²) >= 11 is 0. The van der Waals surface area contributed by atoms with Crippen molar-refractivity contribution in [3.8, 4) is 0 Å². The first kappa shape index (κ1) is 16.8. The van der Waals surface area contributed by atoms with Crippen molar-refractivity contribution in [2.24, 2.45) is 0 Å². The first-order valence-corrected chi connectivity index (χ1v) is 6.79. The Morgan fingerprint density at radius 3 is 2.43 bits per heavy atom. The molecule has 1 aromatic carbocycles. The average molecular weight is 333 g/mol. The van der Waals surface area contributed by atoms with Gasteiger partial charge in [0.1, 0.15) is 5.69 Å². The third-order valence-corrected chi connectivity index (χ3v) is 3.66. The van der Waals surface area contributed by atoms with E-state index in [0.29, 0.717) is 0 Å². The fourth-order valence-electron chi connectivity index (χ4n) is 2.50. The molecule has 1 heterocycles. The Morgan fingerprint density at radius 1 is 1.35 bits per heavy atom. The molecule has 1 fully saturated rings. The molecule has 1 amide bonds. The summed E-state index contributed by atoms with van der Waals surface area (Å²) in [6.07, 6.45) is -5.27. The molecule has 0 aromatic heterocycles. The number of nitro groups is 1. The molecule has 1 aliphatic rings. The molecule has 0 bridgehead atoms. The number of amides is 1. The number of carbonyl (C=O) groups is 1. The highest BCUT2D eigenvalue weighted by atomic mass is 19.4. The molecule has 7 nitrogen and oxygen atoms in total. The van der Waals surface area contributed by atoms with E-state index >= 15 is 0 Å². The van der Waals surface area contributed by atoms with E-state index in [1.165, 1.54) is 0 Å². The van der Waals surface area contributed by atoms with E-state index in [1.807, 2.05) is 0 Å². The van der Waals surface area contributed by atoms with Crippen LogP contribution in [0.2, 0.25) is 0 Å². The van der Waals surface area contributed by atoms with Gasteiger partial charge in [-0.15, -0.1) is 0 Å². The van der Waals surface area contributed by atoms with E-state index in [1.54, 1.807) is 0 Å². The Bertz CT molecular complexity index is 613. The molecule has 1 aliphatic heterocycles. The second-order valence-electron chi connectivity index (χ2n) is 5.14. The van der Waals surface area contributed by atoms with Gasteiger partial charge < -0.3 is 15.3 Å². The number of alkyl halides is 3. The monoisotopic (exact) mass is 333 g/mol. The zero-order valence-electron chi connectivity index (χ0n) is 11.8. The third-order valence-electron chi connectivity index (χ3n) is 3.66. The summed E-state index contributed by atoms with van der Waals surface area (Å²) < 4.78 is 39.2. The molecule has 23 heavy (non-hydrogen) atoms. The van der Waals surface area contributed by atoms with Crippen LogP contribution in [-0.2, 0) is 6.18 Å². The van der Waals surface area contributed by atoms with Gasteiger partial charge in [0.05, 0.1) is 10.5 Å². The third kappa shape index (κ3) is 3.82. The lowest BCUT2D eigenvalue weighted by Gasteiger charge is -2.31. The highest BCUT2D eigenvalue weighted by molar-refractivity contribution is 5.68. The molecule has 0 atom stereocenters. The first-order valence-electron chi connectivity index (χ1n) is 6.79. The van der Waals surface area contributed by atoms with Crippen LogP contribution in [0.1, 0.15) is 18.4 Å². The van der Waals surface area contributed by atoms with Crippen LogP contribution in [0, 0.1) is 10.1 Å². The van der Waals surface area contributed by atoms with E-state index < -0.39 is 40.2 Å². The van der Waals surface area contributed by atoms with E-state index in [-0.39, 0.29) is 25.9 Å². The number of para-hydroxylation sites is 1. The normalized spacial score (nSPS) is 16.2. The smallest absolute Gasteiger partial charge is 0.418 e. The minimum atomic E-state index is -4.73. The fourth-order valence-corrected chi connectivity index (χ4v) is 2.50. The molecule has 2 N–H and O–H groups in total. The maximum Gasteiger partial charge on any atom is 0.418 e. The van der Waals surface area contributed by atoms with Crippen LogP contribution in [-0.4, -0.2) is 40.2 Å². The van der Waals surface area contributed by atoms with Gasteiger partial charge in [-0.05, 0) is 18.9 Å². The SMILES string of the molecule is O=C(O)N1CCC(Nc2c([N+](=O)[O-])cccc2C(F)(F)F)CC1. The number of likely N-dealkylation sites (tertiary alicyclic amines) is 1. The number of nitro benzene ring substituents is 1. The van der Waals surface area contributed by atoms with Crippen LogP contribution in [0.15, 0.2) is 18.2 Å². The lowest BCUT2D eigenvalue weighted by Crippen LogP contribution is -2.42. The minimum Gasteiger partial charge on any atom is -0.465 e. The van der Waals surface area contributed by atoms with E-state index in [2.05, 4.69) is 5.32 Å². The van der Waals surface area contributed by atoms with E-state index in [4.69, 9.17) is 5.11 Å². The highest BCUT2D eigenvalue weighted by Crippen LogP contribution is 2.40. The van der Waals surface area contributed by atoms with Crippen LogP contribution < -0.4 is 5.32 Å². The Balaban J connectivity index is 2.25. The molecule has 0 aliphatic carbocycles. The Kier molecular flexibility index (Phi) is 4.62. The molecule has 0 spiro atoms. The topological polar surface area (TPSA) is 95.7 Å². The maximum absolute atomic E-state index is 13.1. The predicted octanol–water partition coefficient (Wildman–Crippen LogP) is 3.17. The van der Waals surface area contributed by atoms with Crippen molar-refractivity contribution in [3.05, 3.63) is 33.9 Å². The fraction of sp³-hybridized carbons (Fsp3) is 0.462. The number of carboxylic acid groups (broad SMARTS) is 1. The molecule has 1 aromatic rings. The summed E-state index contributed by atoms with van der Waals surface area (Å²) in [4.78, 5) is 22.1. The van der Waals surface area contributed by atoms with Gasteiger partial charge in [-0.3, -0.25) is 10.1 Å². The standard InChI is InChI=1S/C13H14F3N3O4/c14-13(15,16)9-2-1-3-10(19(22)23)11(9)17-8-4-6-18(7-5-8)12(20)21/h1-3,8,17H,4-7H2,(H,20,21). The number of hydrogen-bond donors (Lipinski definition) is 2. The van der Waals surface area contributed by atoms with Crippen LogP contribution >= 0.6 is 0 Å². The van der Waals surface area contributed by atoms with Gasteiger partial charge >= 0.3 is 12.3 Å². The maximum atomic E-state index is 13.1. The number of nitrogens with one attached hydrogen (secondary N) is 1. The van der Waals surface area contributed by atoms with Crippen LogP contribution in [0.4, 0.5) is 29.3 Å². The first-order chi connectivity index (χ1) is 10.7. The number of nitrogens with zero attached hydrogens (tertiary/aromatic N) is 2. The van der Waals surface area contributed by atoms with Crippen molar-refractivity contribution >= 4 is 17.5 Å². The van der Waals surface area contributed by atoms with Gasteiger partial charge in [0.2, 0.25) is 0 Å². The largest absolute Gasteiger partial charge is 0.465 e. The number of anilines is 1. The number of halogens is 3. The Labute approximate surface area is 128 Å². The van der Waals surface area contributed by atoms with Gasteiger partial charge in [0.25, 0.3) is 5.69 Å². The lowest BCUT2D eigenvalue weighted by atomic mass is 10.0. The average Bonchev–Trinajstić information content (AvgIpc) is 2.46. The second kappa shape index (κ2) is 6.31. The summed E-state index contributed by atoms with van der Waals surface area (Å²) in [7, 11) is 0. The Morgan fingerprint density at radius 2 is 1.96 bits per heavy atom. The summed E-state index contributed by atoms with van der Waals surface area (Å²) in [6, 6.07) is 2.30. The zero-order chi connectivity index (χ0) is 17.2. The molecule has 10 heteroatoms. The van der Waals surface area contributed by atoms with Gasteiger partial charge in [-0.25, -0.2) is 4.79 Å². The molecule has 1 saturated heterocycles. The van der Waals surface area contributed by atoms with Crippen LogP contribution in [0.25, 0.3) is 0 Å². The number of piperidine rings is 1. The summed E-state index contributed by atoms with van der Waals surface area (Å²) in [5, 5.41) is 22.4. The van der Waals surface area contributed by atoms with Gasteiger partial charge in [0.15, 0.2) is 0 Å². The quantitative estimate of drug-likeness (QED) is 0.654. The van der Waals surface area contributed by atoms with Crippen molar-refractivity contribution < 1.29 is 28.0 Å². The van der Waals surface area contributed by atoms with Gasteiger partial charge in [-0.1, -0.05) is 6.07 Å². The van der Waals surface area contributed by atoms with Crippen molar-refractivity contribution in [2.45, 2.75) is 25.1 Å². The number of hydrogen-bond acceptors (Lipinski definition) is 4. The number of rotatable bonds is 3. The van der Waals surface area contributed by atoms with Crippen molar-refractivity contribution in [1.29, 1.82) is 0 Å². The predicted molar refractivity (Wildman–Crippen MR) is 74.3 cm³/mol. The molecule has 0 radical (unpaired) electrons. The van der Waals surface area contributed by atoms with E-state index in [0.717, 1.165) is 23.1 Å². The summed E-state index contributed by atoms with van der Waals surface area (Å²) in [6.45, 7) is 0.323. The van der Waals surface area contributed by atoms with Gasteiger partial charge in [-0.2, -0.15) is 13.2 Å². The van der Waals surface area contributed by atoms with Gasteiger partial charge in [0, 0.05) is 25.2 Å². The second-order valence-corrected chi connectivity index (χ2v) is 5.14. The van der Waals surface area contributed by atoms with Crippen molar-refractivity contribution in [1.82, 2.24) is 4.90 Å². The van der Waals surface area contributed by atoms with Crippen molar-refractivity contribution in [2.75, 3.05) is 18.4 Å². The van der Waals surface area contributed by atoms with Crippen LogP contribution in [0.5, 0.6) is 0 Å². The van der Waals surface area contributed by atoms with Crippen LogP contribution in [0.3, 0.4) is 0 Å². The molecule has 2 rings (SSSR count). The molecule has 0 saturated carbocycles. The van der Waals surface area contributed by atoms with Crippen molar-refractivity contribution in [3.63, 3.8) is 0 Å². The Hall–Kier alpha value is -2.52. The molecular formula is C13H14F3N3O4. The summed E-state index contributed by atoms with van der Waals surface area (Å²) in [5.41, 5.74) is -2.33. The zero-order valence-corrected chi connectivity index (χ0v) is 11.8. The number of benzene rings is 1. The molecular weight excluding hydrogens is 319 g/mol. The highest BCUT2D eigenvalue weighted by Gasteiger charge is 2.37. The summed E-state index contributed by atoms with van der Waals surface area (Å²) in [5.74, 6) is 0. The lowest BCUT2D eigenvalue weighted by molar-refractivity contribution is -0.384. The molecule has 0 unspecified atom stereocenters.